The Morgan fingerprint density at radius 2 is 1.69 bits per heavy atom. The summed E-state index contributed by atoms with van der Waals surface area (Å²) in [6, 6.07) is 20.4. The molecule has 0 saturated carbocycles. The van der Waals surface area contributed by atoms with Crippen LogP contribution in [0.5, 0.6) is 0 Å². The van der Waals surface area contributed by atoms with Gasteiger partial charge in [0, 0.05) is 0 Å². The molecular weight excluding hydrogens is 392 g/mol. The van der Waals surface area contributed by atoms with Crippen molar-refractivity contribution in [3.8, 4) is 6.07 Å². The molecule has 0 aliphatic rings. The van der Waals surface area contributed by atoms with E-state index in [1.807, 2.05) is 41.6 Å². The smallest absolute Gasteiger partial charge is 0.217 e. The van der Waals surface area contributed by atoms with Crippen molar-refractivity contribution in [2.75, 3.05) is 39.8 Å². The molecule has 0 saturated heterocycles. The van der Waals surface area contributed by atoms with E-state index in [2.05, 4.69) is 60.8 Å². The second kappa shape index (κ2) is 11.3. The first-order valence-corrected chi connectivity index (χ1v) is 10.1. The highest BCUT2D eigenvalue weighted by molar-refractivity contribution is 7.80. The number of benzene rings is 2. The molecule has 9 heteroatoms. The summed E-state index contributed by atoms with van der Waals surface area (Å²) in [5.41, 5.74) is 3.27. The van der Waals surface area contributed by atoms with Gasteiger partial charge in [-0.15, -0.1) is 0 Å². The van der Waals surface area contributed by atoms with Crippen LogP contribution in [0, 0.1) is 11.3 Å². The number of hydrogen-bond donors (Lipinski definition) is 0. The maximum absolute atomic E-state index is 9.22. The summed E-state index contributed by atoms with van der Waals surface area (Å²) in [4.78, 5) is 0. The molecule has 2 rings (SSSR count). The Hall–Kier alpha value is -2.77. The van der Waals surface area contributed by atoms with Crippen LogP contribution in [0.3, 0.4) is 0 Å². The fraction of sp³-hybridized carbons (Fsp3) is 0.300. The zero-order chi connectivity index (χ0) is 21.9. The van der Waals surface area contributed by atoms with Gasteiger partial charge in [-0.1, -0.05) is 18.2 Å². The number of hydrazone groups is 1. The lowest BCUT2D eigenvalue weighted by Crippen LogP contribution is -2.34. The molecule has 0 aliphatic carbocycles. The van der Waals surface area contributed by atoms with Crippen molar-refractivity contribution in [1.82, 2.24) is 4.48 Å². The van der Waals surface area contributed by atoms with Crippen molar-refractivity contribution in [3.63, 3.8) is 0 Å². The van der Waals surface area contributed by atoms with E-state index in [9.17, 15) is 13.0 Å². The van der Waals surface area contributed by atoms with Crippen LogP contribution >= 0.6 is 0 Å². The Morgan fingerprint density at radius 3 is 2.14 bits per heavy atom. The minimum Gasteiger partial charge on any atom is -0.726 e. The van der Waals surface area contributed by atoms with Crippen LogP contribution in [0.1, 0.15) is 12.0 Å². The fourth-order valence-electron chi connectivity index (χ4n) is 2.15. The Bertz CT molecular complexity index is 916. The number of rotatable bonds is 7. The lowest BCUT2D eigenvalue weighted by Gasteiger charge is -2.23. The number of nitrogens with zero attached hydrogens (tertiary/aromatic N) is 4. The normalized spacial score (nSPS) is 11.4. The number of quaternary nitrogens is 1. The number of hydrogen-bond acceptors (Lipinski definition) is 7. The standard InChI is InChI=1S/C19H23N4.CH4O4S/c1-23(2,3)19-12-10-17(11-13-19)16-21-22(15-7-14-20)18-8-5-4-6-9-18;1-5-6(2,3)4/h4-6,8-13,16H,7,15H2,1-3H3;1H3,(H,2,3,4)/q+1;/p-1. The SMILES string of the molecule is COS(=O)(=O)[O-].C[N+](C)(C)c1ccc(C=NN(CCC#N)c2ccccc2)cc1. The Balaban J connectivity index is 0.000000612. The van der Waals surface area contributed by atoms with Gasteiger partial charge in [-0.05, 0) is 42.0 Å². The van der Waals surface area contributed by atoms with Gasteiger partial charge < -0.3 is 4.55 Å². The predicted molar refractivity (Wildman–Crippen MR) is 114 cm³/mol. The maximum Gasteiger partial charge on any atom is 0.217 e. The summed E-state index contributed by atoms with van der Waals surface area (Å²) in [5, 5.41) is 15.2. The van der Waals surface area contributed by atoms with Crippen LogP contribution < -0.4 is 9.49 Å². The summed E-state index contributed by atoms with van der Waals surface area (Å²) in [6.45, 7) is 0.577. The van der Waals surface area contributed by atoms with Crippen molar-refractivity contribution in [2.24, 2.45) is 5.10 Å². The molecule has 0 aromatic heterocycles. The molecule has 0 spiro atoms. The van der Waals surface area contributed by atoms with Gasteiger partial charge in [0.05, 0.1) is 59.2 Å². The van der Waals surface area contributed by atoms with E-state index in [4.69, 9.17) is 5.26 Å². The van der Waals surface area contributed by atoms with Gasteiger partial charge in [-0.2, -0.15) is 10.4 Å². The lowest BCUT2D eigenvalue weighted by atomic mass is 10.2. The van der Waals surface area contributed by atoms with Crippen LogP contribution in [0.2, 0.25) is 0 Å². The Kier molecular flexibility index (Phi) is 9.44. The van der Waals surface area contributed by atoms with E-state index < -0.39 is 10.4 Å². The zero-order valence-corrected chi connectivity index (χ0v) is 17.8. The second-order valence-corrected chi connectivity index (χ2v) is 7.94. The summed E-state index contributed by atoms with van der Waals surface area (Å²) >= 11 is 0. The van der Waals surface area contributed by atoms with Crippen molar-refractivity contribution >= 4 is 28.0 Å². The molecule has 0 heterocycles. The van der Waals surface area contributed by atoms with E-state index in [0.717, 1.165) is 22.8 Å². The molecule has 0 aliphatic heterocycles. The molecule has 0 N–H and O–H groups in total. The lowest BCUT2D eigenvalue weighted by molar-refractivity contribution is 0.314. The minimum absolute atomic E-state index is 0.437. The van der Waals surface area contributed by atoms with Gasteiger partial charge in [0.15, 0.2) is 0 Å². The first kappa shape index (κ1) is 24.3. The maximum atomic E-state index is 9.22. The van der Waals surface area contributed by atoms with Gasteiger partial charge in [0.25, 0.3) is 0 Å². The zero-order valence-electron chi connectivity index (χ0n) is 17.0. The molecule has 2 aromatic carbocycles. The van der Waals surface area contributed by atoms with Crippen LogP contribution in [0.15, 0.2) is 59.7 Å². The predicted octanol–water partition coefficient (Wildman–Crippen LogP) is 2.73. The third-order valence-corrected chi connectivity index (χ3v) is 4.12. The van der Waals surface area contributed by atoms with E-state index in [1.165, 1.54) is 5.69 Å². The van der Waals surface area contributed by atoms with Crippen LogP contribution in [-0.2, 0) is 14.6 Å². The molecule has 8 nitrogen and oxygen atoms in total. The summed E-state index contributed by atoms with van der Waals surface area (Å²) in [6.07, 6.45) is 2.27. The summed E-state index contributed by atoms with van der Waals surface area (Å²) < 4.78 is 31.8. The average Bonchev–Trinajstić information content (AvgIpc) is 2.68. The van der Waals surface area contributed by atoms with E-state index in [-0.39, 0.29) is 0 Å². The minimum atomic E-state index is -4.41. The molecule has 0 radical (unpaired) electrons. The van der Waals surface area contributed by atoms with Gasteiger partial charge >= 0.3 is 0 Å². The monoisotopic (exact) mass is 418 g/mol. The quantitative estimate of drug-likeness (QED) is 0.225. The van der Waals surface area contributed by atoms with Crippen molar-refractivity contribution in [3.05, 3.63) is 60.2 Å². The molecule has 0 atom stereocenters. The molecule has 0 fully saturated rings. The Morgan fingerprint density at radius 1 is 1.14 bits per heavy atom. The highest BCUT2D eigenvalue weighted by Gasteiger charge is 2.10. The topological polar surface area (TPSA) is 106 Å². The second-order valence-electron chi connectivity index (χ2n) is 6.79. The van der Waals surface area contributed by atoms with Crippen molar-refractivity contribution in [1.29, 1.82) is 5.26 Å². The molecule has 2 aromatic rings. The first-order chi connectivity index (χ1) is 13.6. The van der Waals surface area contributed by atoms with Gasteiger partial charge in [0.1, 0.15) is 5.69 Å². The highest BCUT2D eigenvalue weighted by atomic mass is 32.3. The van der Waals surface area contributed by atoms with Gasteiger partial charge in [-0.25, -0.2) is 8.42 Å². The highest BCUT2D eigenvalue weighted by Crippen LogP contribution is 2.17. The molecular formula is C20H26N4O4S. The van der Waals surface area contributed by atoms with E-state index in [1.54, 1.807) is 0 Å². The van der Waals surface area contributed by atoms with Crippen molar-refractivity contribution < 1.29 is 17.2 Å². The molecule has 0 amide bonds. The molecule has 156 valence electrons. The summed E-state index contributed by atoms with van der Waals surface area (Å²) in [7, 11) is 2.82. The van der Waals surface area contributed by atoms with Crippen molar-refractivity contribution in [2.45, 2.75) is 6.42 Å². The summed E-state index contributed by atoms with van der Waals surface area (Å²) in [5.74, 6) is 0. The largest absolute Gasteiger partial charge is 0.726 e. The van der Waals surface area contributed by atoms with Crippen LogP contribution in [0.25, 0.3) is 0 Å². The van der Waals surface area contributed by atoms with Crippen LogP contribution in [0.4, 0.5) is 11.4 Å². The van der Waals surface area contributed by atoms with Gasteiger partial charge in [-0.3, -0.25) is 13.7 Å². The molecule has 0 unspecified atom stereocenters. The van der Waals surface area contributed by atoms with E-state index >= 15 is 0 Å². The molecule has 29 heavy (non-hydrogen) atoms. The number of nitriles is 1. The number of para-hydroxylation sites is 1. The third kappa shape index (κ3) is 9.82. The van der Waals surface area contributed by atoms with Gasteiger partial charge in [0.2, 0.25) is 10.4 Å². The third-order valence-electron chi connectivity index (χ3n) is 3.71. The Labute approximate surface area is 172 Å². The van der Waals surface area contributed by atoms with Crippen LogP contribution in [-0.4, -0.2) is 54.0 Å². The fourth-order valence-corrected chi connectivity index (χ4v) is 2.15. The first-order valence-electron chi connectivity index (χ1n) is 8.74. The number of anilines is 1. The molecule has 0 bridgehead atoms. The average molecular weight is 419 g/mol. The van der Waals surface area contributed by atoms with E-state index in [0.29, 0.717) is 13.0 Å².